The fraction of sp³-hybridized carbons (Fsp3) is 0.231. The third-order valence-electron chi connectivity index (χ3n) is 2.64. The Kier molecular flexibility index (Phi) is 3.53. The summed E-state index contributed by atoms with van der Waals surface area (Å²) in [5.41, 5.74) is 0.705. The van der Waals surface area contributed by atoms with Gasteiger partial charge in [-0.05, 0) is 24.3 Å². The van der Waals surface area contributed by atoms with E-state index in [0.29, 0.717) is 10.9 Å². The van der Waals surface area contributed by atoms with Crippen LogP contribution in [0.4, 0.5) is 0 Å². The number of nitrogens with one attached hydrogen (secondary N) is 1. The second-order valence-corrected chi connectivity index (χ2v) is 6.16. The summed E-state index contributed by atoms with van der Waals surface area (Å²) in [6.07, 6.45) is 1.64. The standard InChI is InChI=1S/C13H14N2O3S/c1-9(2)13(16)15-19(17,18)11-5-6-12-10(8-11)4-3-7-14-12/h3-9H,1-2H3,(H,15,16). The number of hydrogen-bond acceptors (Lipinski definition) is 4. The molecule has 1 N–H and O–H groups in total. The summed E-state index contributed by atoms with van der Waals surface area (Å²) in [7, 11) is -3.82. The number of fused-ring (bicyclic) bond motifs is 1. The summed E-state index contributed by atoms with van der Waals surface area (Å²) in [5.74, 6) is -0.914. The minimum atomic E-state index is -3.82. The quantitative estimate of drug-likeness (QED) is 0.927. The van der Waals surface area contributed by atoms with E-state index in [0.717, 1.165) is 0 Å². The van der Waals surface area contributed by atoms with E-state index in [9.17, 15) is 13.2 Å². The summed E-state index contributed by atoms with van der Waals surface area (Å²) in [6, 6.07) is 8.05. The summed E-state index contributed by atoms with van der Waals surface area (Å²) in [4.78, 5) is 15.7. The first kappa shape index (κ1) is 13.5. The van der Waals surface area contributed by atoms with Crippen LogP contribution in [0.3, 0.4) is 0 Å². The number of hydrogen-bond donors (Lipinski definition) is 1. The fourth-order valence-corrected chi connectivity index (χ4v) is 2.68. The molecule has 1 heterocycles. The van der Waals surface area contributed by atoms with E-state index in [1.165, 1.54) is 12.1 Å². The van der Waals surface area contributed by atoms with Gasteiger partial charge in [0.25, 0.3) is 10.0 Å². The predicted molar refractivity (Wildman–Crippen MR) is 71.9 cm³/mol. The molecule has 100 valence electrons. The lowest BCUT2D eigenvalue weighted by Gasteiger charge is -2.09. The molecule has 0 aliphatic carbocycles. The minimum Gasteiger partial charge on any atom is -0.274 e. The van der Waals surface area contributed by atoms with Crippen molar-refractivity contribution >= 4 is 26.8 Å². The highest BCUT2D eigenvalue weighted by atomic mass is 32.2. The van der Waals surface area contributed by atoms with Crippen LogP contribution in [-0.2, 0) is 14.8 Å². The van der Waals surface area contributed by atoms with Crippen molar-refractivity contribution in [2.45, 2.75) is 18.7 Å². The van der Waals surface area contributed by atoms with Crippen LogP contribution in [-0.4, -0.2) is 19.3 Å². The van der Waals surface area contributed by atoms with Gasteiger partial charge in [-0.3, -0.25) is 9.78 Å². The fourth-order valence-electron chi connectivity index (χ4n) is 1.53. The van der Waals surface area contributed by atoms with Crippen LogP contribution in [0.15, 0.2) is 41.4 Å². The smallest absolute Gasteiger partial charge is 0.264 e. The number of rotatable bonds is 3. The molecule has 1 amide bonds. The molecular formula is C13H14N2O3S. The lowest BCUT2D eigenvalue weighted by Crippen LogP contribution is -2.33. The van der Waals surface area contributed by atoms with E-state index in [4.69, 9.17) is 0 Å². The van der Waals surface area contributed by atoms with E-state index >= 15 is 0 Å². The Morgan fingerprint density at radius 3 is 2.68 bits per heavy atom. The van der Waals surface area contributed by atoms with Gasteiger partial charge < -0.3 is 0 Å². The van der Waals surface area contributed by atoms with Crippen molar-refractivity contribution in [3.8, 4) is 0 Å². The average Bonchev–Trinajstić information content (AvgIpc) is 2.37. The lowest BCUT2D eigenvalue weighted by atomic mass is 10.2. The molecule has 0 unspecified atom stereocenters. The predicted octanol–water partition coefficient (Wildman–Crippen LogP) is 1.70. The second-order valence-electron chi connectivity index (χ2n) is 4.48. The first-order valence-electron chi connectivity index (χ1n) is 5.81. The third kappa shape index (κ3) is 2.90. The van der Waals surface area contributed by atoms with E-state index in [2.05, 4.69) is 4.98 Å². The van der Waals surface area contributed by atoms with Gasteiger partial charge in [0.15, 0.2) is 0 Å². The van der Waals surface area contributed by atoms with Crippen LogP contribution in [0.1, 0.15) is 13.8 Å². The van der Waals surface area contributed by atoms with Crippen molar-refractivity contribution in [1.29, 1.82) is 0 Å². The van der Waals surface area contributed by atoms with Crippen LogP contribution in [0.5, 0.6) is 0 Å². The molecule has 6 heteroatoms. The van der Waals surface area contributed by atoms with E-state index < -0.39 is 21.8 Å². The second kappa shape index (κ2) is 4.97. The Bertz CT molecular complexity index is 724. The molecule has 0 atom stereocenters. The topological polar surface area (TPSA) is 76.1 Å². The molecule has 0 aliphatic heterocycles. The molecule has 5 nitrogen and oxygen atoms in total. The Morgan fingerprint density at radius 2 is 2.00 bits per heavy atom. The third-order valence-corrected chi connectivity index (χ3v) is 3.99. The number of benzene rings is 1. The zero-order valence-electron chi connectivity index (χ0n) is 10.6. The molecule has 19 heavy (non-hydrogen) atoms. The molecular weight excluding hydrogens is 264 g/mol. The SMILES string of the molecule is CC(C)C(=O)NS(=O)(=O)c1ccc2ncccc2c1. The van der Waals surface area contributed by atoms with Gasteiger partial charge in [0, 0.05) is 17.5 Å². The van der Waals surface area contributed by atoms with Gasteiger partial charge >= 0.3 is 0 Å². The number of nitrogens with zero attached hydrogens (tertiary/aromatic N) is 1. The van der Waals surface area contributed by atoms with Gasteiger partial charge in [-0.2, -0.15) is 0 Å². The molecule has 0 spiro atoms. The largest absolute Gasteiger partial charge is 0.274 e. The molecule has 0 radical (unpaired) electrons. The number of pyridine rings is 1. The monoisotopic (exact) mass is 278 g/mol. The Labute approximate surface area is 111 Å². The number of sulfonamides is 1. The molecule has 2 aromatic rings. The summed E-state index contributed by atoms with van der Waals surface area (Å²) < 4.78 is 26.1. The Morgan fingerprint density at radius 1 is 1.26 bits per heavy atom. The summed E-state index contributed by atoms with van der Waals surface area (Å²) >= 11 is 0. The van der Waals surface area contributed by atoms with Gasteiger partial charge in [0.05, 0.1) is 10.4 Å². The molecule has 0 aliphatic rings. The normalized spacial score (nSPS) is 11.7. The van der Waals surface area contributed by atoms with Crippen molar-refractivity contribution < 1.29 is 13.2 Å². The molecule has 0 saturated carbocycles. The average molecular weight is 278 g/mol. The molecule has 2 rings (SSSR count). The summed E-state index contributed by atoms with van der Waals surface area (Å²) in [6.45, 7) is 3.27. The van der Waals surface area contributed by atoms with Crippen molar-refractivity contribution in [2.75, 3.05) is 0 Å². The highest BCUT2D eigenvalue weighted by Gasteiger charge is 2.19. The maximum Gasteiger partial charge on any atom is 0.264 e. The highest BCUT2D eigenvalue weighted by molar-refractivity contribution is 7.90. The van der Waals surface area contributed by atoms with Crippen molar-refractivity contribution in [3.05, 3.63) is 36.5 Å². The van der Waals surface area contributed by atoms with E-state index in [1.807, 2.05) is 4.72 Å². The minimum absolute atomic E-state index is 0.0574. The molecule has 0 bridgehead atoms. The maximum atomic E-state index is 12.0. The van der Waals surface area contributed by atoms with Gasteiger partial charge in [-0.15, -0.1) is 0 Å². The van der Waals surface area contributed by atoms with E-state index in [1.54, 1.807) is 38.2 Å². The number of carbonyl (C=O) groups excluding carboxylic acids is 1. The molecule has 0 fully saturated rings. The van der Waals surface area contributed by atoms with Gasteiger partial charge in [0.1, 0.15) is 0 Å². The van der Waals surface area contributed by atoms with Crippen molar-refractivity contribution in [1.82, 2.24) is 9.71 Å². The molecule has 1 aromatic heterocycles. The Hall–Kier alpha value is -1.95. The van der Waals surface area contributed by atoms with Gasteiger partial charge in [-0.1, -0.05) is 19.9 Å². The number of aromatic nitrogens is 1. The van der Waals surface area contributed by atoms with Gasteiger partial charge in [-0.25, -0.2) is 13.1 Å². The van der Waals surface area contributed by atoms with Crippen LogP contribution >= 0.6 is 0 Å². The lowest BCUT2D eigenvalue weighted by molar-refractivity contribution is -0.122. The van der Waals surface area contributed by atoms with Crippen molar-refractivity contribution in [3.63, 3.8) is 0 Å². The van der Waals surface area contributed by atoms with Crippen LogP contribution in [0.25, 0.3) is 10.9 Å². The first-order chi connectivity index (χ1) is 8.90. The number of carbonyl (C=O) groups is 1. The zero-order valence-corrected chi connectivity index (χ0v) is 11.4. The summed E-state index contributed by atoms with van der Waals surface area (Å²) in [5, 5.41) is 0.711. The van der Waals surface area contributed by atoms with Crippen LogP contribution in [0.2, 0.25) is 0 Å². The molecule has 0 saturated heterocycles. The van der Waals surface area contributed by atoms with Gasteiger partial charge in [0.2, 0.25) is 5.91 Å². The van der Waals surface area contributed by atoms with Crippen molar-refractivity contribution in [2.24, 2.45) is 5.92 Å². The highest BCUT2D eigenvalue weighted by Crippen LogP contribution is 2.17. The first-order valence-corrected chi connectivity index (χ1v) is 7.30. The maximum absolute atomic E-state index is 12.0. The van der Waals surface area contributed by atoms with Crippen LogP contribution < -0.4 is 4.72 Å². The zero-order chi connectivity index (χ0) is 14.0. The number of amides is 1. The molecule has 1 aromatic carbocycles. The Balaban J connectivity index is 2.40. The van der Waals surface area contributed by atoms with E-state index in [-0.39, 0.29) is 4.90 Å². The van der Waals surface area contributed by atoms with Crippen LogP contribution in [0, 0.1) is 5.92 Å².